The van der Waals surface area contributed by atoms with Gasteiger partial charge in [-0.1, -0.05) is 18.2 Å². The summed E-state index contributed by atoms with van der Waals surface area (Å²) in [7, 11) is 2.20. The van der Waals surface area contributed by atoms with Crippen molar-refractivity contribution >= 4 is 5.91 Å². The van der Waals surface area contributed by atoms with Crippen molar-refractivity contribution in [1.82, 2.24) is 9.80 Å². The molecule has 130 valence electrons. The van der Waals surface area contributed by atoms with Crippen LogP contribution >= 0.6 is 0 Å². The second-order valence-corrected chi connectivity index (χ2v) is 8.08. The number of ether oxygens (including phenoxy) is 1. The van der Waals surface area contributed by atoms with Gasteiger partial charge in [-0.2, -0.15) is 0 Å². The van der Waals surface area contributed by atoms with Crippen molar-refractivity contribution in [2.45, 2.75) is 19.3 Å². The van der Waals surface area contributed by atoms with Crippen LogP contribution in [0.3, 0.4) is 0 Å². The largest absolute Gasteiger partial charge is 0.381 e. The second kappa shape index (κ2) is 6.49. The normalized spacial score (nSPS) is 30.4. The molecule has 1 spiro atoms. The maximum atomic E-state index is 12.8. The first-order chi connectivity index (χ1) is 11.7. The van der Waals surface area contributed by atoms with Crippen LogP contribution in [0.5, 0.6) is 0 Å². The fraction of sp³-hybridized carbons (Fsp3) is 0.650. The highest BCUT2D eigenvalue weighted by Crippen LogP contribution is 2.44. The number of rotatable bonds is 5. The number of carbonyl (C=O) groups excluding carboxylic acids is 1. The smallest absolute Gasteiger partial charge is 0.253 e. The highest BCUT2D eigenvalue weighted by Gasteiger charge is 2.50. The zero-order valence-electron chi connectivity index (χ0n) is 14.6. The Bertz CT molecular complexity index is 587. The Morgan fingerprint density at radius 1 is 1.21 bits per heavy atom. The predicted molar refractivity (Wildman–Crippen MR) is 93.9 cm³/mol. The Labute approximate surface area is 144 Å². The topological polar surface area (TPSA) is 32.8 Å². The van der Waals surface area contributed by atoms with E-state index >= 15 is 0 Å². The van der Waals surface area contributed by atoms with Gasteiger partial charge < -0.3 is 14.5 Å². The lowest BCUT2D eigenvalue weighted by Crippen LogP contribution is -2.38. The van der Waals surface area contributed by atoms with E-state index in [4.69, 9.17) is 4.74 Å². The van der Waals surface area contributed by atoms with Crippen molar-refractivity contribution in [2.75, 3.05) is 46.4 Å². The molecule has 4 rings (SSSR count). The first-order valence-corrected chi connectivity index (χ1v) is 9.27. The summed E-state index contributed by atoms with van der Waals surface area (Å²) in [5, 5.41) is 0. The van der Waals surface area contributed by atoms with Crippen LogP contribution in [-0.4, -0.2) is 62.1 Å². The standard InChI is InChI=1S/C20H28N2O2/c1-21-11-18(13-24-12-16-7-8-16)20(14-21)9-10-22(15-20)19(23)17-5-3-2-4-6-17/h2-6,16,18H,7-15H2,1H3/t18-,20-/m0/s1. The van der Waals surface area contributed by atoms with Gasteiger partial charge in [-0.15, -0.1) is 0 Å². The molecule has 1 aromatic carbocycles. The van der Waals surface area contributed by atoms with Crippen LogP contribution in [0.1, 0.15) is 29.6 Å². The van der Waals surface area contributed by atoms with Gasteiger partial charge in [-0.25, -0.2) is 0 Å². The summed E-state index contributed by atoms with van der Waals surface area (Å²) in [6, 6.07) is 9.68. The van der Waals surface area contributed by atoms with E-state index in [-0.39, 0.29) is 11.3 Å². The quantitative estimate of drug-likeness (QED) is 0.832. The Morgan fingerprint density at radius 2 is 2.00 bits per heavy atom. The second-order valence-electron chi connectivity index (χ2n) is 8.08. The first-order valence-electron chi connectivity index (χ1n) is 9.27. The lowest BCUT2D eigenvalue weighted by atomic mass is 9.77. The zero-order valence-corrected chi connectivity index (χ0v) is 14.6. The summed E-state index contributed by atoms with van der Waals surface area (Å²) in [4.78, 5) is 17.2. The molecular formula is C20H28N2O2. The van der Waals surface area contributed by atoms with Crippen molar-refractivity contribution in [3.05, 3.63) is 35.9 Å². The Morgan fingerprint density at radius 3 is 2.75 bits per heavy atom. The van der Waals surface area contributed by atoms with Crippen LogP contribution < -0.4 is 0 Å². The average Bonchev–Trinajstić information content (AvgIpc) is 3.24. The average molecular weight is 328 g/mol. The summed E-state index contributed by atoms with van der Waals surface area (Å²) in [5.74, 6) is 1.55. The molecule has 2 heterocycles. The molecule has 4 nitrogen and oxygen atoms in total. The number of likely N-dealkylation sites (tertiary alicyclic amines) is 2. The van der Waals surface area contributed by atoms with E-state index in [1.54, 1.807) is 0 Å². The molecule has 0 radical (unpaired) electrons. The van der Waals surface area contributed by atoms with Crippen molar-refractivity contribution in [3.8, 4) is 0 Å². The summed E-state index contributed by atoms with van der Waals surface area (Å²) >= 11 is 0. The fourth-order valence-electron chi connectivity index (χ4n) is 4.49. The molecule has 1 saturated carbocycles. The van der Waals surface area contributed by atoms with Gasteiger partial charge in [0.25, 0.3) is 5.91 Å². The van der Waals surface area contributed by atoms with Gasteiger partial charge >= 0.3 is 0 Å². The van der Waals surface area contributed by atoms with E-state index in [0.717, 1.165) is 57.3 Å². The van der Waals surface area contributed by atoms with Crippen molar-refractivity contribution in [2.24, 2.45) is 17.3 Å². The molecule has 1 aromatic rings. The van der Waals surface area contributed by atoms with Gasteiger partial charge in [0, 0.05) is 49.7 Å². The molecule has 0 N–H and O–H groups in total. The first kappa shape index (κ1) is 16.1. The van der Waals surface area contributed by atoms with Crippen molar-refractivity contribution in [3.63, 3.8) is 0 Å². The Kier molecular flexibility index (Phi) is 4.35. The summed E-state index contributed by atoms with van der Waals surface area (Å²) in [5.41, 5.74) is 1.03. The zero-order chi connectivity index (χ0) is 16.6. The highest BCUT2D eigenvalue weighted by molar-refractivity contribution is 5.94. The molecule has 24 heavy (non-hydrogen) atoms. The van der Waals surface area contributed by atoms with Crippen LogP contribution in [0.4, 0.5) is 0 Å². The van der Waals surface area contributed by atoms with E-state index in [2.05, 4.69) is 16.8 Å². The van der Waals surface area contributed by atoms with E-state index in [0.29, 0.717) is 5.92 Å². The molecular weight excluding hydrogens is 300 g/mol. The number of benzene rings is 1. The van der Waals surface area contributed by atoms with E-state index < -0.39 is 0 Å². The van der Waals surface area contributed by atoms with Crippen molar-refractivity contribution in [1.29, 1.82) is 0 Å². The molecule has 0 bridgehead atoms. The fourth-order valence-corrected chi connectivity index (χ4v) is 4.49. The van der Waals surface area contributed by atoms with Gasteiger partial charge in [-0.05, 0) is 44.4 Å². The monoisotopic (exact) mass is 328 g/mol. The Balaban J connectivity index is 1.41. The molecule has 0 aromatic heterocycles. The van der Waals surface area contributed by atoms with Crippen molar-refractivity contribution < 1.29 is 9.53 Å². The van der Waals surface area contributed by atoms with Crippen LogP contribution in [-0.2, 0) is 4.74 Å². The van der Waals surface area contributed by atoms with Crippen LogP contribution in [0.25, 0.3) is 0 Å². The molecule has 2 saturated heterocycles. The van der Waals surface area contributed by atoms with Crippen LogP contribution in [0.2, 0.25) is 0 Å². The van der Waals surface area contributed by atoms with Gasteiger partial charge in [0.2, 0.25) is 0 Å². The summed E-state index contributed by atoms with van der Waals surface area (Å²) in [6.45, 7) is 5.72. The molecule has 1 amide bonds. The summed E-state index contributed by atoms with van der Waals surface area (Å²) in [6.07, 6.45) is 3.79. The lowest BCUT2D eigenvalue weighted by molar-refractivity contribution is 0.0530. The lowest BCUT2D eigenvalue weighted by Gasteiger charge is -2.30. The van der Waals surface area contributed by atoms with Crippen LogP contribution in [0.15, 0.2) is 30.3 Å². The number of hydrogen-bond acceptors (Lipinski definition) is 3. The third-order valence-electron chi connectivity index (χ3n) is 6.05. The van der Waals surface area contributed by atoms with Gasteiger partial charge in [0.15, 0.2) is 0 Å². The molecule has 1 aliphatic carbocycles. The van der Waals surface area contributed by atoms with Gasteiger partial charge in [-0.3, -0.25) is 4.79 Å². The van der Waals surface area contributed by atoms with E-state index in [1.807, 2.05) is 30.3 Å². The molecule has 2 aliphatic heterocycles. The summed E-state index contributed by atoms with van der Waals surface area (Å²) < 4.78 is 6.03. The Hall–Kier alpha value is -1.39. The highest BCUT2D eigenvalue weighted by atomic mass is 16.5. The molecule has 0 unspecified atom stereocenters. The minimum absolute atomic E-state index is 0.180. The minimum Gasteiger partial charge on any atom is -0.381 e. The molecule has 4 heteroatoms. The number of carbonyl (C=O) groups is 1. The third kappa shape index (κ3) is 3.22. The number of amides is 1. The van der Waals surface area contributed by atoms with Crippen LogP contribution in [0, 0.1) is 17.3 Å². The van der Waals surface area contributed by atoms with Gasteiger partial charge in [0.1, 0.15) is 0 Å². The molecule has 3 aliphatic rings. The van der Waals surface area contributed by atoms with Gasteiger partial charge in [0.05, 0.1) is 6.61 Å². The SMILES string of the molecule is CN1C[C@@H](COCC2CC2)[C@@]2(CCN(C(=O)c3ccccc3)C2)C1. The maximum absolute atomic E-state index is 12.8. The third-order valence-corrected chi connectivity index (χ3v) is 6.05. The van der Waals surface area contributed by atoms with E-state index in [9.17, 15) is 4.79 Å². The number of nitrogens with zero attached hydrogens (tertiary/aromatic N) is 2. The van der Waals surface area contributed by atoms with E-state index in [1.165, 1.54) is 12.8 Å². The number of hydrogen-bond donors (Lipinski definition) is 0. The minimum atomic E-state index is 0.180. The molecule has 2 atom stereocenters. The molecule has 3 fully saturated rings. The predicted octanol–water partition coefficient (Wildman–Crippen LogP) is 2.51. The maximum Gasteiger partial charge on any atom is 0.253 e.